The Hall–Kier alpha value is -3.17. The van der Waals surface area contributed by atoms with Crippen LogP contribution in [0.5, 0.6) is 0 Å². The molecule has 1 atom stereocenters. The topological polar surface area (TPSA) is 109 Å². The van der Waals surface area contributed by atoms with Gasteiger partial charge in [-0.25, -0.2) is 13.1 Å². The number of para-hydroxylation sites is 2. The Morgan fingerprint density at radius 1 is 1.03 bits per heavy atom. The molecule has 0 spiro atoms. The molecule has 7 nitrogen and oxygen atoms in total. The predicted molar refractivity (Wildman–Crippen MR) is 142 cm³/mol. The molecule has 8 heteroatoms. The number of benzene rings is 3. The van der Waals surface area contributed by atoms with E-state index in [-0.39, 0.29) is 10.9 Å². The molecule has 1 fully saturated rings. The van der Waals surface area contributed by atoms with E-state index in [9.17, 15) is 13.5 Å². The third kappa shape index (κ3) is 5.47. The standard InChI is InChI=1S/C28H31N3O4S/c29-27-10-3-1-8-25(27)20-6-5-7-24(17-20)36(33,34)30-22-12-14-31(15-13-22)18-23(32)16-21-19-35-28-11-4-2-9-26(21)28/h1-11,17,19,22-23,30,32H,12-16,18,29H2. The Bertz CT molecular complexity index is 1440. The van der Waals surface area contributed by atoms with Crippen LogP contribution in [0, 0.1) is 0 Å². The highest BCUT2D eigenvalue weighted by molar-refractivity contribution is 7.89. The van der Waals surface area contributed by atoms with E-state index in [4.69, 9.17) is 10.2 Å². The number of sulfonamides is 1. The minimum absolute atomic E-state index is 0.147. The van der Waals surface area contributed by atoms with Crippen molar-refractivity contribution in [2.24, 2.45) is 0 Å². The van der Waals surface area contributed by atoms with E-state index in [1.54, 1.807) is 30.5 Å². The second kappa shape index (κ2) is 10.4. The number of nitrogens with zero attached hydrogens (tertiary/aromatic N) is 1. The van der Waals surface area contributed by atoms with Crippen LogP contribution >= 0.6 is 0 Å². The monoisotopic (exact) mass is 505 g/mol. The van der Waals surface area contributed by atoms with Crippen molar-refractivity contribution in [3.63, 3.8) is 0 Å². The minimum atomic E-state index is -3.67. The molecule has 0 aliphatic carbocycles. The first-order valence-electron chi connectivity index (χ1n) is 12.2. The maximum Gasteiger partial charge on any atom is 0.240 e. The average molecular weight is 506 g/mol. The highest BCUT2D eigenvalue weighted by atomic mass is 32.2. The largest absolute Gasteiger partial charge is 0.464 e. The number of aliphatic hydroxyl groups is 1. The molecule has 0 amide bonds. The van der Waals surface area contributed by atoms with Gasteiger partial charge in [0.05, 0.1) is 17.3 Å². The first-order chi connectivity index (χ1) is 17.4. The molecular formula is C28H31N3O4S. The van der Waals surface area contributed by atoms with Gasteiger partial charge in [0, 0.05) is 41.2 Å². The van der Waals surface area contributed by atoms with E-state index in [1.165, 1.54) is 0 Å². The quantitative estimate of drug-likeness (QED) is 0.312. The smallest absolute Gasteiger partial charge is 0.240 e. The van der Waals surface area contributed by atoms with E-state index in [2.05, 4.69) is 9.62 Å². The third-order valence-electron chi connectivity index (χ3n) is 6.81. The molecule has 0 bridgehead atoms. The lowest BCUT2D eigenvalue weighted by molar-refractivity contribution is 0.0963. The van der Waals surface area contributed by atoms with Crippen molar-refractivity contribution < 1.29 is 17.9 Å². The zero-order valence-corrected chi connectivity index (χ0v) is 20.8. The molecule has 2 heterocycles. The van der Waals surface area contributed by atoms with Crippen molar-refractivity contribution in [2.75, 3.05) is 25.4 Å². The van der Waals surface area contributed by atoms with Crippen LogP contribution < -0.4 is 10.5 Å². The summed E-state index contributed by atoms with van der Waals surface area (Å²) in [5.74, 6) is 0. The molecule has 5 rings (SSSR count). The summed E-state index contributed by atoms with van der Waals surface area (Å²) >= 11 is 0. The lowest BCUT2D eigenvalue weighted by atomic mass is 10.0. The number of aliphatic hydroxyl groups excluding tert-OH is 1. The number of rotatable bonds is 8. The molecule has 1 saturated heterocycles. The molecule has 1 unspecified atom stereocenters. The van der Waals surface area contributed by atoms with Crippen LogP contribution in [-0.2, 0) is 16.4 Å². The van der Waals surface area contributed by atoms with Gasteiger partial charge in [-0.15, -0.1) is 0 Å². The van der Waals surface area contributed by atoms with Crippen molar-refractivity contribution in [1.29, 1.82) is 0 Å². The summed E-state index contributed by atoms with van der Waals surface area (Å²) in [5, 5.41) is 11.7. The van der Waals surface area contributed by atoms with Crippen molar-refractivity contribution in [1.82, 2.24) is 9.62 Å². The molecule has 1 aliphatic rings. The normalized spacial score (nSPS) is 16.4. The van der Waals surface area contributed by atoms with Gasteiger partial charge in [-0.3, -0.25) is 0 Å². The second-order valence-electron chi connectivity index (χ2n) is 9.43. The number of nitrogen functional groups attached to an aromatic ring is 1. The number of hydrogen-bond acceptors (Lipinski definition) is 6. The van der Waals surface area contributed by atoms with Gasteiger partial charge < -0.3 is 20.2 Å². The number of furan rings is 1. The molecule has 4 N–H and O–H groups in total. The van der Waals surface area contributed by atoms with Gasteiger partial charge in [0.25, 0.3) is 0 Å². The van der Waals surface area contributed by atoms with Crippen LogP contribution in [0.4, 0.5) is 5.69 Å². The molecular weight excluding hydrogens is 474 g/mol. The van der Waals surface area contributed by atoms with Gasteiger partial charge in [0.15, 0.2) is 0 Å². The number of likely N-dealkylation sites (tertiary alicyclic amines) is 1. The molecule has 3 aromatic carbocycles. The summed E-state index contributed by atoms with van der Waals surface area (Å²) in [7, 11) is -3.67. The van der Waals surface area contributed by atoms with Crippen LogP contribution in [0.25, 0.3) is 22.1 Å². The second-order valence-corrected chi connectivity index (χ2v) is 11.1. The number of fused-ring (bicyclic) bond motifs is 1. The highest BCUT2D eigenvalue weighted by Gasteiger charge is 2.26. The molecule has 4 aromatic rings. The Morgan fingerprint density at radius 3 is 2.58 bits per heavy atom. The fourth-order valence-corrected chi connectivity index (χ4v) is 6.27. The van der Waals surface area contributed by atoms with Gasteiger partial charge in [0.2, 0.25) is 10.0 Å². The van der Waals surface area contributed by atoms with Crippen LogP contribution in [0.15, 0.2) is 88.4 Å². The van der Waals surface area contributed by atoms with Gasteiger partial charge >= 0.3 is 0 Å². The Kier molecular flexibility index (Phi) is 7.11. The highest BCUT2D eigenvalue weighted by Crippen LogP contribution is 2.28. The zero-order chi connectivity index (χ0) is 25.1. The van der Waals surface area contributed by atoms with Crippen LogP contribution in [-0.4, -0.2) is 50.2 Å². The first-order valence-corrected chi connectivity index (χ1v) is 13.7. The first kappa shape index (κ1) is 24.5. The summed E-state index contributed by atoms with van der Waals surface area (Å²) < 4.78 is 34.7. The van der Waals surface area contributed by atoms with Crippen molar-refractivity contribution in [3.05, 3.63) is 84.6 Å². The summed E-state index contributed by atoms with van der Waals surface area (Å²) in [6, 6.07) is 22.0. The number of piperidine rings is 1. The number of β-amino-alcohol motifs (C(OH)–C–C–N with tert-alkyl or cyclic N) is 1. The predicted octanol–water partition coefficient (Wildman–Crippen LogP) is 4.03. The fourth-order valence-electron chi connectivity index (χ4n) is 4.92. The molecule has 0 radical (unpaired) electrons. The molecule has 188 valence electrons. The summed E-state index contributed by atoms with van der Waals surface area (Å²) in [6.45, 7) is 1.98. The molecule has 0 saturated carbocycles. The Labute approximate surface area is 211 Å². The Morgan fingerprint density at radius 2 is 1.78 bits per heavy atom. The fraction of sp³-hybridized carbons (Fsp3) is 0.286. The summed E-state index contributed by atoms with van der Waals surface area (Å²) in [6.07, 6.45) is 3.09. The van der Waals surface area contributed by atoms with Gasteiger partial charge in [-0.1, -0.05) is 48.5 Å². The number of hydrogen-bond donors (Lipinski definition) is 3. The van der Waals surface area contributed by atoms with E-state index in [0.29, 0.717) is 31.5 Å². The lowest BCUT2D eigenvalue weighted by Gasteiger charge is -2.33. The van der Waals surface area contributed by atoms with E-state index < -0.39 is 16.1 Å². The van der Waals surface area contributed by atoms with E-state index in [1.807, 2.05) is 48.5 Å². The molecule has 36 heavy (non-hydrogen) atoms. The van der Waals surface area contributed by atoms with Crippen LogP contribution in [0.1, 0.15) is 18.4 Å². The summed E-state index contributed by atoms with van der Waals surface area (Å²) in [4.78, 5) is 2.42. The van der Waals surface area contributed by atoms with Gasteiger partial charge in [-0.05, 0) is 55.8 Å². The number of nitrogens with two attached hydrogens (primary N) is 1. The summed E-state index contributed by atoms with van der Waals surface area (Å²) in [5.41, 5.74) is 10.1. The SMILES string of the molecule is Nc1ccccc1-c1cccc(S(=O)(=O)NC2CCN(CC(O)Cc3coc4ccccc34)CC2)c1. The van der Waals surface area contributed by atoms with Crippen molar-refractivity contribution in [3.8, 4) is 11.1 Å². The average Bonchev–Trinajstić information content (AvgIpc) is 3.28. The lowest BCUT2D eigenvalue weighted by Crippen LogP contribution is -2.46. The molecule has 1 aliphatic heterocycles. The molecule has 1 aromatic heterocycles. The van der Waals surface area contributed by atoms with E-state index >= 15 is 0 Å². The van der Waals surface area contributed by atoms with E-state index in [0.717, 1.165) is 40.7 Å². The van der Waals surface area contributed by atoms with Gasteiger partial charge in [0.1, 0.15) is 5.58 Å². The third-order valence-corrected chi connectivity index (χ3v) is 8.33. The van der Waals surface area contributed by atoms with Crippen molar-refractivity contribution in [2.45, 2.75) is 36.3 Å². The number of nitrogens with one attached hydrogen (secondary N) is 1. The number of anilines is 1. The van der Waals surface area contributed by atoms with Crippen LogP contribution in [0.2, 0.25) is 0 Å². The maximum absolute atomic E-state index is 13.1. The minimum Gasteiger partial charge on any atom is -0.464 e. The van der Waals surface area contributed by atoms with Crippen molar-refractivity contribution >= 4 is 26.7 Å². The van der Waals surface area contributed by atoms with Crippen LogP contribution in [0.3, 0.4) is 0 Å². The zero-order valence-electron chi connectivity index (χ0n) is 20.0. The maximum atomic E-state index is 13.1. The van der Waals surface area contributed by atoms with Gasteiger partial charge in [-0.2, -0.15) is 0 Å². The Balaban J connectivity index is 1.16.